The fraction of sp³-hybridized carbons (Fsp3) is 0.562. The molecule has 0 amide bonds. The van der Waals surface area contributed by atoms with Gasteiger partial charge in [-0.25, -0.2) is 4.99 Å². The SMILES string of the molecule is COc1c(C)c(N=NC2=NC(C)N=N2)c(C)c2c1N(C)CCC2. The van der Waals surface area contributed by atoms with Gasteiger partial charge in [0.2, 0.25) is 0 Å². The molecule has 122 valence electrons. The average Bonchev–Trinajstić information content (AvgIpc) is 2.94. The number of hydrogen-bond donors (Lipinski definition) is 0. The van der Waals surface area contributed by atoms with Crippen molar-refractivity contribution >= 4 is 17.3 Å². The van der Waals surface area contributed by atoms with Crippen LogP contribution < -0.4 is 9.64 Å². The van der Waals surface area contributed by atoms with Gasteiger partial charge in [-0.1, -0.05) is 0 Å². The average molecular weight is 314 g/mol. The monoisotopic (exact) mass is 314 g/mol. The number of aliphatic imine (C=N–C) groups is 1. The Morgan fingerprint density at radius 1 is 1.22 bits per heavy atom. The molecule has 0 aromatic heterocycles. The fourth-order valence-electron chi connectivity index (χ4n) is 3.23. The topological polar surface area (TPSA) is 74.3 Å². The Labute approximate surface area is 136 Å². The second-order valence-corrected chi connectivity index (χ2v) is 5.96. The van der Waals surface area contributed by atoms with Crippen molar-refractivity contribution < 1.29 is 4.74 Å². The lowest BCUT2D eigenvalue weighted by molar-refractivity contribution is 0.410. The van der Waals surface area contributed by atoms with E-state index in [1.54, 1.807) is 7.11 Å². The maximum absolute atomic E-state index is 5.68. The van der Waals surface area contributed by atoms with E-state index < -0.39 is 0 Å². The molecule has 0 spiro atoms. The molecule has 0 fully saturated rings. The number of methoxy groups -OCH3 is 1. The van der Waals surface area contributed by atoms with Gasteiger partial charge in [-0.2, -0.15) is 5.11 Å². The maximum atomic E-state index is 5.68. The first-order valence-electron chi connectivity index (χ1n) is 7.84. The molecule has 1 unspecified atom stereocenters. The number of fused-ring (bicyclic) bond motifs is 1. The van der Waals surface area contributed by atoms with Gasteiger partial charge in [-0.15, -0.1) is 15.3 Å². The van der Waals surface area contributed by atoms with E-state index in [-0.39, 0.29) is 6.17 Å². The Bertz CT molecular complexity index is 699. The van der Waals surface area contributed by atoms with Crippen molar-refractivity contribution in [2.75, 3.05) is 25.6 Å². The van der Waals surface area contributed by atoms with Crippen molar-refractivity contribution in [1.82, 2.24) is 0 Å². The van der Waals surface area contributed by atoms with Crippen LogP contribution in [-0.2, 0) is 6.42 Å². The summed E-state index contributed by atoms with van der Waals surface area (Å²) >= 11 is 0. The Kier molecular flexibility index (Phi) is 4.11. The van der Waals surface area contributed by atoms with Gasteiger partial charge >= 0.3 is 0 Å². The second-order valence-electron chi connectivity index (χ2n) is 5.96. The minimum atomic E-state index is -0.169. The lowest BCUT2D eigenvalue weighted by atomic mass is 9.92. The number of guanidine groups is 1. The molecular formula is C16H22N6O. The highest BCUT2D eigenvalue weighted by Gasteiger charge is 2.25. The van der Waals surface area contributed by atoms with E-state index in [1.807, 2.05) is 13.8 Å². The summed E-state index contributed by atoms with van der Waals surface area (Å²) in [6.07, 6.45) is 1.99. The van der Waals surface area contributed by atoms with Gasteiger partial charge in [0.1, 0.15) is 5.75 Å². The van der Waals surface area contributed by atoms with Gasteiger partial charge in [0, 0.05) is 19.2 Å². The van der Waals surface area contributed by atoms with Crippen LogP contribution >= 0.6 is 0 Å². The molecule has 0 bridgehead atoms. The molecule has 7 nitrogen and oxygen atoms in total. The van der Waals surface area contributed by atoms with Crippen LogP contribution in [0.25, 0.3) is 0 Å². The number of rotatable bonds is 2. The fourth-order valence-corrected chi connectivity index (χ4v) is 3.23. The molecule has 2 aliphatic rings. The third-order valence-electron chi connectivity index (χ3n) is 4.37. The quantitative estimate of drug-likeness (QED) is 0.775. The maximum Gasteiger partial charge on any atom is 0.285 e. The summed E-state index contributed by atoms with van der Waals surface area (Å²) in [4.78, 5) is 6.45. The van der Waals surface area contributed by atoms with Crippen LogP contribution in [0.1, 0.15) is 30.0 Å². The van der Waals surface area contributed by atoms with Crippen molar-refractivity contribution in [3.8, 4) is 5.75 Å². The van der Waals surface area contributed by atoms with E-state index in [9.17, 15) is 0 Å². The molecule has 1 aromatic carbocycles. The summed E-state index contributed by atoms with van der Waals surface area (Å²) < 4.78 is 5.68. The summed E-state index contributed by atoms with van der Waals surface area (Å²) in [5.74, 6) is 1.20. The van der Waals surface area contributed by atoms with Crippen molar-refractivity contribution in [2.24, 2.45) is 25.4 Å². The molecule has 0 saturated carbocycles. The van der Waals surface area contributed by atoms with Crippen molar-refractivity contribution in [1.29, 1.82) is 0 Å². The van der Waals surface area contributed by atoms with Gasteiger partial charge in [-0.3, -0.25) is 0 Å². The number of anilines is 1. The van der Waals surface area contributed by atoms with Crippen LogP contribution in [0.15, 0.2) is 25.4 Å². The van der Waals surface area contributed by atoms with Crippen molar-refractivity contribution in [2.45, 2.75) is 39.8 Å². The minimum absolute atomic E-state index is 0.169. The summed E-state index contributed by atoms with van der Waals surface area (Å²) in [7, 11) is 3.81. The molecule has 1 atom stereocenters. The van der Waals surface area contributed by atoms with E-state index in [0.29, 0.717) is 5.96 Å². The predicted octanol–water partition coefficient (Wildman–Crippen LogP) is 3.95. The van der Waals surface area contributed by atoms with Gasteiger partial charge in [-0.05, 0) is 44.7 Å². The molecule has 7 heteroatoms. The highest BCUT2D eigenvalue weighted by Crippen LogP contribution is 2.45. The first kappa shape index (κ1) is 15.6. The molecule has 0 aliphatic carbocycles. The molecule has 23 heavy (non-hydrogen) atoms. The van der Waals surface area contributed by atoms with Crippen LogP contribution in [-0.4, -0.2) is 32.8 Å². The smallest absolute Gasteiger partial charge is 0.285 e. The summed E-state index contributed by atoms with van der Waals surface area (Å²) in [6, 6.07) is 0. The zero-order valence-electron chi connectivity index (χ0n) is 14.3. The molecule has 0 saturated heterocycles. The zero-order chi connectivity index (χ0) is 16.6. The molecule has 2 heterocycles. The highest BCUT2D eigenvalue weighted by molar-refractivity contribution is 5.82. The van der Waals surface area contributed by atoms with Gasteiger partial charge in [0.25, 0.3) is 5.96 Å². The lowest BCUT2D eigenvalue weighted by Crippen LogP contribution is -2.26. The first-order valence-corrected chi connectivity index (χ1v) is 7.84. The molecule has 2 aliphatic heterocycles. The number of hydrogen-bond acceptors (Lipinski definition) is 7. The van der Waals surface area contributed by atoms with Crippen LogP contribution in [0.5, 0.6) is 5.75 Å². The number of nitrogens with zero attached hydrogens (tertiary/aromatic N) is 6. The summed E-state index contributed by atoms with van der Waals surface area (Å²) in [5.41, 5.74) is 5.45. The van der Waals surface area contributed by atoms with E-state index in [1.165, 1.54) is 11.3 Å². The number of ether oxygens (including phenoxy) is 1. The third kappa shape index (κ3) is 2.71. The van der Waals surface area contributed by atoms with E-state index >= 15 is 0 Å². The van der Waals surface area contributed by atoms with Gasteiger partial charge in [0.05, 0.1) is 18.5 Å². The standard InChI is InChI=1S/C16H22N6O/c1-9-12-7-6-8-22(4)14(12)15(23-5)10(2)13(9)19-21-16-17-11(3)18-20-16/h11H,6-8H2,1-5H3. The van der Waals surface area contributed by atoms with Crippen LogP contribution in [0.4, 0.5) is 11.4 Å². The third-order valence-corrected chi connectivity index (χ3v) is 4.37. The van der Waals surface area contributed by atoms with E-state index in [2.05, 4.69) is 44.3 Å². The Balaban J connectivity index is 2.09. The second kappa shape index (κ2) is 6.06. The van der Waals surface area contributed by atoms with Crippen LogP contribution in [0, 0.1) is 13.8 Å². The predicted molar refractivity (Wildman–Crippen MR) is 90.3 cm³/mol. The summed E-state index contributed by atoms with van der Waals surface area (Å²) in [5, 5.41) is 16.4. The molecule has 1 aromatic rings. The zero-order valence-corrected chi connectivity index (χ0v) is 14.3. The lowest BCUT2D eigenvalue weighted by Gasteiger charge is -2.32. The van der Waals surface area contributed by atoms with Crippen LogP contribution in [0.3, 0.4) is 0 Å². The largest absolute Gasteiger partial charge is 0.494 e. The van der Waals surface area contributed by atoms with Gasteiger partial charge in [0.15, 0.2) is 6.17 Å². The minimum Gasteiger partial charge on any atom is -0.494 e. The van der Waals surface area contributed by atoms with E-state index in [4.69, 9.17) is 4.74 Å². The first-order chi connectivity index (χ1) is 11.0. The highest BCUT2D eigenvalue weighted by atomic mass is 16.5. The normalized spacial score (nSPS) is 20.1. The molecular weight excluding hydrogens is 292 g/mol. The number of azo groups is 2. The van der Waals surface area contributed by atoms with Crippen LogP contribution in [0.2, 0.25) is 0 Å². The summed E-state index contributed by atoms with van der Waals surface area (Å²) in [6.45, 7) is 7.02. The molecule has 3 rings (SSSR count). The van der Waals surface area contributed by atoms with Gasteiger partial charge < -0.3 is 9.64 Å². The number of benzene rings is 1. The Morgan fingerprint density at radius 3 is 2.65 bits per heavy atom. The molecule has 0 radical (unpaired) electrons. The Hall–Kier alpha value is -2.31. The van der Waals surface area contributed by atoms with Crippen molar-refractivity contribution in [3.63, 3.8) is 0 Å². The van der Waals surface area contributed by atoms with Crippen molar-refractivity contribution in [3.05, 3.63) is 16.7 Å². The molecule has 0 N–H and O–H groups in total. The Morgan fingerprint density at radius 2 is 2.00 bits per heavy atom. The van der Waals surface area contributed by atoms with E-state index in [0.717, 1.165) is 42.0 Å².